The Kier molecular flexibility index (Phi) is 4.77. The fraction of sp³-hybridized carbons (Fsp3) is 1.00. The normalized spacial score (nSPS) is 33.4. The number of hydrazine groups is 1. The Morgan fingerprint density at radius 3 is 2.06 bits per heavy atom. The van der Waals surface area contributed by atoms with Gasteiger partial charge >= 0.3 is 0 Å². The molecule has 0 radical (unpaired) electrons. The summed E-state index contributed by atoms with van der Waals surface area (Å²) in [5, 5.41) is 0. The summed E-state index contributed by atoms with van der Waals surface area (Å²) >= 11 is 0. The van der Waals surface area contributed by atoms with E-state index in [0.29, 0.717) is 12.0 Å². The van der Waals surface area contributed by atoms with Crippen molar-refractivity contribution in [1.29, 1.82) is 0 Å². The van der Waals surface area contributed by atoms with Crippen molar-refractivity contribution >= 4 is 0 Å². The second-order valence-electron chi connectivity index (χ2n) is 6.07. The fourth-order valence-corrected chi connectivity index (χ4v) is 3.27. The molecule has 1 fully saturated rings. The molecule has 0 saturated heterocycles. The van der Waals surface area contributed by atoms with Crippen molar-refractivity contribution in [2.45, 2.75) is 58.0 Å². The van der Waals surface area contributed by atoms with Gasteiger partial charge in [-0.25, -0.2) is 0 Å². The average molecular weight is 227 g/mol. The number of hydrogen-bond donors (Lipinski definition) is 2. The Labute approximate surface area is 101 Å². The van der Waals surface area contributed by atoms with Crippen molar-refractivity contribution in [1.82, 2.24) is 10.3 Å². The molecule has 1 rings (SSSR count). The summed E-state index contributed by atoms with van der Waals surface area (Å²) in [5.74, 6) is 7.23. The van der Waals surface area contributed by atoms with E-state index < -0.39 is 0 Å². The molecule has 0 aromatic heterocycles. The maximum Gasteiger partial charge on any atom is 0.0417 e. The third-order valence-electron chi connectivity index (χ3n) is 4.46. The van der Waals surface area contributed by atoms with Gasteiger partial charge < -0.3 is 4.90 Å². The van der Waals surface area contributed by atoms with Gasteiger partial charge in [-0.3, -0.25) is 11.3 Å². The van der Waals surface area contributed by atoms with Gasteiger partial charge in [-0.15, -0.1) is 0 Å². The Morgan fingerprint density at radius 2 is 1.75 bits per heavy atom. The number of rotatable bonds is 4. The first-order valence-electron chi connectivity index (χ1n) is 6.57. The van der Waals surface area contributed by atoms with Crippen molar-refractivity contribution in [2.75, 3.05) is 14.1 Å². The summed E-state index contributed by atoms with van der Waals surface area (Å²) in [4.78, 5) is 2.39. The molecule has 1 unspecified atom stereocenters. The van der Waals surface area contributed by atoms with E-state index in [0.717, 1.165) is 5.92 Å². The highest BCUT2D eigenvalue weighted by Crippen LogP contribution is 2.39. The molecule has 0 bridgehead atoms. The maximum atomic E-state index is 5.79. The van der Waals surface area contributed by atoms with E-state index in [9.17, 15) is 0 Å². The largest absolute Gasteiger partial charge is 0.302 e. The van der Waals surface area contributed by atoms with Gasteiger partial charge in [0.2, 0.25) is 0 Å². The first-order valence-corrected chi connectivity index (χ1v) is 6.57. The van der Waals surface area contributed by atoms with Gasteiger partial charge in [-0.1, -0.05) is 20.8 Å². The zero-order valence-electron chi connectivity index (χ0n) is 11.6. The van der Waals surface area contributed by atoms with Gasteiger partial charge in [-0.2, -0.15) is 0 Å². The Hall–Kier alpha value is -0.120. The molecule has 0 spiro atoms. The Morgan fingerprint density at radius 1 is 1.25 bits per heavy atom. The van der Waals surface area contributed by atoms with E-state index in [4.69, 9.17) is 5.84 Å². The van der Waals surface area contributed by atoms with E-state index in [2.05, 4.69) is 45.2 Å². The minimum absolute atomic E-state index is 0.245. The van der Waals surface area contributed by atoms with E-state index in [-0.39, 0.29) is 5.54 Å². The molecule has 0 aromatic rings. The first-order chi connectivity index (χ1) is 7.44. The smallest absolute Gasteiger partial charge is 0.0417 e. The molecule has 0 aliphatic heterocycles. The lowest BCUT2D eigenvalue weighted by atomic mass is 9.69. The number of likely N-dealkylation sites (N-methyl/N-ethyl adjacent to an activating group) is 1. The molecule has 1 aliphatic carbocycles. The SMILES string of the molecule is CC1CCC(C(NN)C(C)C)(N(C)C)CC1. The zero-order valence-corrected chi connectivity index (χ0v) is 11.6. The molecule has 16 heavy (non-hydrogen) atoms. The third kappa shape index (κ3) is 2.58. The van der Waals surface area contributed by atoms with Crippen molar-refractivity contribution in [3.63, 3.8) is 0 Å². The monoisotopic (exact) mass is 227 g/mol. The van der Waals surface area contributed by atoms with Crippen LogP contribution in [0, 0.1) is 11.8 Å². The summed E-state index contributed by atoms with van der Waals surface area (Å²) in [6, 6.07) is 0.384. The molecule has 3 heteroatoms. The lowest BCUT2D eigenvalue weighted by Gasteiger charge is -2.50. The lowest BCUT2D eigenvalue weighted by Crippen LogP contribution is -2.63. The third-order valence-corrected chi connectivity index (χ3v) is 4.46. The van der Waals surface area contributed by atoms with Gasteiger partial charge in [-0.05, 0) is 51.6 Å². The maximum absolute atomic E-state index is 5.79. The van der Waals surface area contributed by atoms with Gasteiger partial charge in [0.05, 0.1) is 0 Å². The summed E-state index contributed by atoms with van der Waals surface area (Å²) < 4.78 is 0. The van der Waals surface area contributed by atoms with Gasteiger partial charge in [0, 0.05) is 11.6 Å². The highest BCUT2D eigenvalue weighted by Gasteiger charge is 2.43. The molecule has 0 heterocycles. The fourth-order valence-electron chi connectivity index (χ4n) is 3.27. The van der Waals surface area contributed by atoms with Gasteiger partial charge in [0.1, 0.15) is 0 Å². The molecular formula is C13H29N3. The number of hydrogen-bond acceptors (Lipinski definition) is 3. The van der Waals surface area contributed by atoms with E-state index >= 15 is 0 Å². The molecule has 3 N–H and O–H groups in total. The highest BCUT2D eigenvalue weighted by molar-refractivity contribution is 5.01. The van der Waals surface area contributed by atoms with Crippen molar-refractivity contribution < 1.29 is 0 Å². The quantitative estimate of drug-likeness (QED) is 0.570. The number of nitrogens with zero attached hydrogens (tertiary/aromatic N) is 1. The lowest BCUT2D eigenvalue weighted by molar-refractivity contribution is 0.0268. The topological polar surface area (TPSA) is 41.3 Å². The van der Waals surface area contributed by atoms with Crippen molar-refractivity contribution in [2.24, 2.45) is 17.7 Å². The average Bonchev–Trinajstić information content (AvgIpc) is 2.21. The van der Waals surface area contributed by atoms with Crippen LogP contribution in [0.25, 0.3) is 0 Å². The minimum atomic E-state index is 0.245. The molecular weight excluding hydrogens is 198 g/mol. The Balaban J connectivity index is 2.87. The van der Waals surface area contributed by atoms with Crippen LogP contribution in [-0.2, 0) is 0 Å². The second-order valence-corrected chi connectivity index (χ2v) is 6.07. The molecule has 96 valence electrons. The predicted octanol–water partition coefficient (Wildman–Crippen LogP) is 1.98. The zero-order chi connectivity index (χ0) is 12.3. The molecule has 0 aromatic carbocycles. The predicted molar refractivity (Wildman–Crippen MR) is 70.0 cm³/mol. The molecule has 0 amide bonds. The molecule has 1 atom stereocenters. The van der Waals surface area contributed by atoms with E-state index in [1.807, 2.05) is 0 Å². The van der Waals surface area contributed by atoms with Crippen LogP contribution < -0.4 is 11.3 Å². The Bertz CT molecular complexity index is 205. The van der Waals surface area contributed by atoms with Crippen molar-refractivity contribution in [3.05, 3.63) is 0 Å². The summed E-state index contributed by atoms with van der Waals surface area (Å²) in [6.45, 7) is 6.88. The van der Waals surface area contributed by atoms with Crippen LogP contribution in [0.15, 0.2) is 0 Å². The standard InChI is InChI=1S/C13H29N3/c1-10(2)12(15-14)13(16(4)5)8-6-11(3)7-9-13/h10-12,15H,6-9,14H2,1-5H3. The van der Waals surface area contributed by atoms with Crippen LogP contribution in [0.5, 0.6) is 0 Å². The first kappa shape index (κ1) is 13.9. The van der Waals surface area contributed by atoms with Crippen molar-refractivity contribution in [3.8, 4) is 0 Å². The van der Waals surface area contributed by atoms with Crippen LogP contribution in [0.4, 0.5) is 0 Å². The van der Waals surface area contributed by atoms with Crippen LogP contribution in [-0.4, -0.2) is 30.6 Å². The van der Waals surface area contributed by atoms with Crippen LogP contribution in [0.1, 0.15) is 46.5 Å². The minimum Gasteiger partial charge on any atom is -0.302 e. The summed E-state index contributed by atoms with van der Waals surface area (Å²) in [6.07, 6.45) is 5.16. The molecule has 3 nitrogen and oxygen atoms in total. The van der Waals surface area contributed by atoms with E-state index in [1.165, 1.54) is 25.7 Å². The highest BCUT2D eigenvalue weighted by atomic mass is 15.3. The van der Waals surface area contributed by atoms with Crippen LogP contribution in [0.3, 0.4) is 0 Å². The molecule has 1 saturated carbocycles. The number of nitrogens with one attached hydrogen (secondary N) is 1. The van der Waals surface area contributed by atoms with Gasteiger partial charge in [0.25, 0.3) is 0 Å². The summed E-state index contributed by atoms with van der Waals surface area (Å²) in [7, 11) is 4.39. The van der Waals surface area contributed by atoms with E-state index in [1.54, 1.807) is 0 Å². The molecule has 1 aliphatic rings. The summed E-state index contributed by atoms with van der Waals surface area (Å²) in [5.41, 5.74) is 3.31. The second kappa shape index (κ2) is 5.48. The van der Waals surface area contributed by atoms with Crippen LogP contribution >= 0.6 is 0 Å². The van der Waals surface area contributed by atoms with Crippen LogP contribution in [0.2, 0.25) is 0 Å². The van der Waals surface area contributed by atoms with Gasteiger partial charge in [0.15, 0.2) is 0 Å². The number of nitrogens with two attached hydrogens (primary N) is 1.